The zero-order valence-electron chi connectivity index (χ0n) is 11.1. The van der Waals surface area contributed by atoms with Gasteiger partial charge in [0.1, 0.15) is 0 Å². The van der Waals surface area contributed by atoms with Crippen molar-refractivity contribution in [1.82, 2.24) is 0 Å². The van der Waals surface area contributed by atoms with Crippen LogP contribution in [0.3, 0.4) is 0 Å². The maximum atomic E-state index is 10.1. The van der Waals surface area contributed by atoms with E-state index >= 15 is 0 Å². The van der Waals surface area contributed by atoms with Gasteiger partial charge in [-0.2, -0.15) is 0 Å². The summed E-state index contributed by atoms with van der Waals surface area (Å²) in [6, 6.07) is 0.0987. The fourth-order valence-electron chi connectivity index (χ4n) is 2.85. The Morgan fingerprint density at radius 3 is 2.72 bits per heavy atom. The summed E-state index contributed by atoms with van der Waals surface area (Å²) in [6.07, 6.45) is 11.4. The maximum absolute atomic E-state index is 10.1. The Bertz CT molecular complexity index is 331. The molecule has 0 amide bonds. The van der Waals surface area contributed by atoms with Gasteiger partial charge in [0.15, 0.2) is 0 Å². The van der Waals surface area contributed by atoms with E-state index in [1.807, 2.05) is 6.92 Å². The molecule has 0 aromatic carbocycles. The summed E-state index contributed by atoms with van der Waals surface area (Å²) in [7, 11) is 0. The first-order valence-electron chi connectivity index (χ1n) is 6.86. The highest BCUT2D eigenvalue weighted by Gasteiger charge is 2.21. The molecule has 1 aliphatic carbocycles. The molecule has 100 valence electrons. The average molecular weight is 250 g/mol. The third-order valence-electron chi connectivity index (χ3n) is 3.81. The third kappa shape index (κ3) is 5.90. The van der Waals surface area contributed by atoms with Crippen LogP contribution in [0.4, 0.5) is 0 Å². The molecule has 0 saturated heterocycles. The first kappa shape index (κ1) is 14.8. The fourth-order valence-corrected chi connectivity index (χ4v) is 2.85. The van der Waals surface area contributed by atoms with E-state index in [9.17, 15) is 9.59 Å². The van der Waals surface area contributed by atoms with E-state index in [1.165, 1.54) is 32.1 Å². The zero-order valence-corrected chi connectivity index (χ0v) is 11.1. The standard InChI is InChI=1S/C14H22N2O2/c1-12(16-11-18)4-2-5-13-6-3-7-14(8-13)9-15-10-17/h12-14H,2-9H2,1H3. The van der Waals surface area contributed by atoms with Gasteiger partial charge < -0.3 is 0 Å². The SMILES string of the molecule is CC(CCCC1CCCC(CN=C=O)C1)N=C=O. The van der Waals surface area contributed by atoms with E-state index in [0.29, 0.717) is 12.5 Å². The van der Waals surface area contributed by atoms with Crippen LogP contribution in [0.1, 0.15) is 51.9 Å². The van der Waals surface area contributed by atoms with Gasteiger partial charge in [0.05, 0.1) is 12.6 Å². The van der Waals surface area contributed by atoms with Gasteiger partial charge in [0.25, 0.3) is 0 Å². The minimum atomic E-state index is 0.0987. The lowest BCUT2D eigenvalue weighted by Crippen LogP contribution is -2.18. The highest BCUT2D eigenvalue weighted by Crippen LogP contribution is 2.32. The molecule has 0 aliphatic heterocycles. The summed E-state index contributed by atoms with van der Waals surface area (Å²) in [4.78, 5) is 27.6. The number of carbonyl (C=O) groups excluding carboxylic acids is 2. The summed E-state index contributed by atoms with van der Waals surface area (Å²) in [5, 5.41) is 0. The lowest BCUT2D eigenvalue weighted by molar-refractivity contribution is 0.254. The van der Waals surface area contributed by atoms with Crippen LogP contribution in [0, 0.1) is 11.8 Å². The van der Waals surface area contributed by atoms with Crippen LogP contribution in [0.2, 0.25) is 0 Å². The highest BCUT2D eigenvalue weighted by atomic mass is 16.1. The second-order valence-electron chi connectivity index (χ2n) is 5.33. The summed E-state index contributed by atoms with van der Waals surface area (Å²) in [5.41, 5.74) is 0. The van der Waals surface area contributed by atoms with Crippen LogP contribution in [0.5, 0.6) is 0 Å². The normalized spacial score (nSPS) is 24.7. The Labute approximate surface area is 109 Å². The van der Waals surface area contributed by atoms with Crippen LogP contribution in [0.15, 0.2) is 9.98 Å². The number of nitrogens with zero attached hydrogens (tertiary/aromatic N) is 2. The molecule has 1 aliphatic rings. The summed E-state index contributed by atoms with van der Waals surface area (Å²) in [6.45, 7) is 2.60. The maximum Gasteiger partial charge on any atom is 0.235 e. The van der Waals surface area contributed by atoms with Crippen molar-refractivity contribution < 1.29 is 9.59 Å². The number of rotatable bonds is 7. The van der Waals surface area contributed by atoms with E-state index in [4.69, 9.17) is 0 Å². The monoisotopic (exact) mass is 250 g/mol. The molecule has 0 heterocycles. The topological polar surface area (TPSA) is 58.9 Å². The summed E-state index contributed by atoms with van der Waals surface area (Å²) >= 11 is 0. The average Bonchev–Trinajstić information content (AvgIpc) is 2.37. The van der Waals surface area contributed by atoms with Crippen molar-refractivity contribution in [3.8, 4) is 0 Å². The molecule has 0 aromatic rings. The summed E-state index contributed by atoms with van der Waals surface area (Å²) in [5.74, 6) is 1.31. The van der Waals surface area contributed by atoms with Crippen molar-refractivity contribution in [2.45, 2.75) is 57.9 Å². The van der Waals surface area contributed by atoms with Crippen molar-refractivity contribution in [2.24, 2.45) is 21.8 Å². The largest absolute Gasteiger partial charge is 0.235 e. The van der Waals surface area contributed by atoms with Gasteiger partial charge in [0.2, 0.25) is 12.2 Å². The van der Waals surface area contributed by atoms with E-state index in [0.717, 1.165) is 18.8 Å². The van der Waals surface area contributed by atoms with Crippen LogP contribution >= 0.6 is 0 Å². The van der Waals surface area contributed by atoms with Crippen molar-refractivity contribution in [1.29, 1.82) is 0 Å². The third-order valence-corrected chi connectivity index (χ3v) is 3.81. The van der Waals surface area contributed by atoms with Gasteiger partial charge in [-0.25, -0.2) is 19.6 Å². The lowest BCUT2D eigenvalue weighted by Gasteiger charge is -2.28. The quantitative estimate of drug-likeness (QED) is 0.515. The minimum absolute atomic E-state index is 0.0987. The molecule has 4 heteroatoms. The smallest absolute Gasteiger partial charge is 0.211 e. The van der Waals surface area contributed by atoms with Crippen molar-refractivity contribution in [3.63, 3.8) is 0 Å². The Morgan fingerprint density at radius 1 is 1.22 bits per heavy atom. The van der Waals surface area contributed by atoms with Crippen LogP contribution in [-0.4, -0.2) is 24.7 Å². The Hall–Kier alpha value is -1.24. The molecule has 4 nitrogen and oxygen atoms in total. The predicted octanol–water partition coefficient (Wildman–Crippen LogP) is 3.02. The number of aliphatic imine (C=N–C) groups is 2. The van der Waals surface area contributed by atoms with E-state index in [2.05, 4.69) is 9.98 Å². The van der Waals surface area contributed by atoms with Crippen LogP contribution in [0.25, 0.3) is 0 Å². The van der Waals surface area contributed by atoms with Gasteiger partial charge >= 0.3 is 0 Å². The van der Waals surface area contributed by atoms with E-state index in [1.54, 1.807) is 12.2 Å². The van der Waals surface area contributed by atoms with Crippen molar-refractivity contribution in [2.75, 3.05) is 6.54 Å². The molecule has 0 radical (unpaired) electrons. The molecular formula is C14H22N2O2. The van der Waals surface area contributed by atoms with Crippen molar-refractivity contribution >= 4 is 12.2 Å². The molecule has 18 heavy (non-hydrogen) atoms. The second-order valence-corrected chi connectivity index (χ2v) is 5.33. The number of hydrogen-bond donors (Lipinski definition) is 0. The van der Waals surface area contributed by atoms with Gasteiger partial charge in [0, 0.05) is 0 Å². The minimum Gasteiger partial charge on any atom is -0.211 e. The molecule has 1 saturated carbocycles. The Balaban J connectivity index is 2.21. The molecule has 1 rings (SSSR count). The first-order valence-corrected chi connectivity index (χ1v) is 6.86. The predicted molar refractivity (Wildman–Crippen MR) is 69.9 cm³/mol. The van der Waals surface area contributed by atoms with Crippen LogP contribution in [-0.2, 0) is 9.59 Å². The van der Waals surface area contributed by atoms with Crippen LogP contribution < -0.4 is 0 Å². The lowest BCUT2D eigenvalue weighted by atomic mass is 9.79. The molecular weight excluding hydrogens is 228 g/mol. The molecule has 0 spiro atoms. The second kappa shape index (κ2) is 8.79. The number of hydrogen-bond acceptors (Lipinski definition) is 4. The van der Waals surface area contributed by atoms with Gasteiger partial charge in [-0.1, -0.05) is 25.7 Å². The fraction of sp³-hybridized carbons (Fsp3) is 0.857. The molecule has 0 bridgehead atoms. The van der Waals surface area contributed by atoms with Gasteiger partial charge in [-0.15, -0.1) is 0 Å². The van der Waals surface area contributed by atoms with E-state index < -0.39 is 0 Å². The molecule has 0 N–H and O–H groups in total. The van der Waals surface area contributed by atoms with E-state index in [-0.39, 0.29) is 6.04 Å². The Morgan fingerprint density at radius 2 is 2.00 bits per heavy atom. The number of isocyanates is 2. The molecule has 0 aromatic heterocycles. The highest BCUT2D eigenvalue weighted by molar-refractivity contribution is 5.33. The van der Waals surface area contributed by atoms with Crippen molar-refractivity contribution in [3.05, 3.63) is 0 Å². The molecule has 1 fully saturated rings. The molecule has 3 unspecified atom stereocenters. The molecule has 3 atom stereocenters. The summed E-state index contributed by atoms with van der Waals surface area (Å²) < 4.78 is 0. The van der Waals surface area contributed by atoms with Gasteiger partial charge in [-0.3, -0.25) is 0 Å². The van der Waals surface area contributed by atoms with Gasteiger partial charge in [-0.05, 0) is 38.0 Å². The zero-order chi connectivity index (χ0) is 13.2. The first-order chi connectivity index (χ1) is 8.76. The Kier molecular flexibility index (Phi) is 7.24.